The highest BCUT2D eigenvalue weighted by Crippen LogP contribution is 2.16. The van der Waals surface area contributed by atoms with E-state index in [-0.39, 0.29) is 5.82 Å². The van der Waals surface area contributed by atoms with Crippen molar-refractivity contribution < 1.29 is 13.2 Å². The number of nitrogens with zero attached hydrogens (tertiary/aromatic N) is 1. The van der Waals surface area contributed by atoms with Gasteiger partial charge in [-0.3, -0.25) is 0 Å². The van der Waals surface area contributed by atoms with Crippen molar-refractivity contribution in [2.75, 3.05) is 13.6 Å². The van der Waals surface area contributed by atoms with Gasteiger partial charge < -0.3 is 10.6 Å². The van der Waals surface area contributed by atoms with Gasteiger partial charge in [0.1, 0.15) is 5.82 Å². The van der Waals surface area contributed by atoms with E-state index >= 15 is 0 Å². The summed E-state index contributed by atoms with van der Waals surface area (Å²) in [7, 11) is 1.80. The average molecular weight is 294 g/mol. The molecule has 0 aliphatic rings. The summed E-state index contributed by atoms with van der Waals surface area (Å²) in [5.74, 6) is -2.09. The van der Waals surface area contributed by atoms with Crippen LogP contribution in [-0.4, -0.2) is 18.5 Å². The summed E-state index contributed by atoms with van der Waals surface area (Å²) in [6.45, 7) is 0.795. The van der Waals surface area contributed by atoms with E-state index in [9.17, 15) is 13.2 Å². The lowest BCUT2D eigenvalue weighted by atomic mass is 10.1. The van der Waals surface area contributed by atoms with Crippen LogP contribution in [0.4, 0.5) is 13.2 Å². The summed E-state index contributed by atoms with van der Waals surface area (Å²) in [6, 6.07) is 9.64. The molecule has 0 amide bonds. The molecule has 0 aromatic heterocycles. The molecule has 112 valence electrons. The van der Waals surface area contributed by atoms with Crippen LogP contribution < -0.4 is 5.73 Å². The SMILES string of the molecule is CN(Cc1ccccc1F)CC(N)c1ccc(F)c(F)c1. The normalized spacial score (nSPS) is 12.7. The molecule has 0 fully saturated rings. The van der Waals surface area contributed by atoms with E-state index in [0.29, 0.717) is 24.2 Å². The molecule has 5 heteroatoms. The molecule has 2 rings (SSSR count). The second-order valence-electron chi connectivity index (χ2n) is 5.07. The molecule has 2 nitrogen and oxygen atoms in total. The minimum atomic E-state index is -0.917. The number of nitrogens with two attached hydrogens (primary N) is 1. The van der Waals surface area contributed by atoms with Gasteiger partial charge in [-0.25, -0.2) is 13.2 Å². The number of benzene rings is 2. The van der Waals surface area contributed by atoms with Gasteiger partial charge in [-0.1, -0.05) is 24.3 Å². The fourth-order valence-electron chi connectivity index (χ4n) is 2.17. The zero-order chi connectivity index (χ0) is 15.4. The van der Waals surface area contributed by atoms with Crippen molar-refractivity contribution in [2.24, 2.45) is 5.73 Å². The Morgan fingerprint density at radius 3 is 2.38 bits per heavy atom. The molecular formula is C16H17F3N2. The lowest BCUT2D eigenvalue weighted by Gasteiger charge is -2.22. The summed E-state index contributed by atoms with van der Waals surface area (Å²) < 4.78 is 39.6. The predicted octanol–water partition coefficient (Wildman–Crippen LogP) is 3.24. The third-order valence-electron chi connectivity index (χ3n) is 3.28. The van der Waals surface area contributed by atoms with Gasteiger partial charge in [-0.2, -0.15) is 0 Å². The minimum absolute atomic E-state index is 0.272. The smallest absolute Gasteiger partial charge is 0.159 e. The molecule has 0 saturated heterocycles. The average Bonchev–Trinajstić information content (AvgIpc) is 2.44. The van der Waals surface area contributed by atoms with Crippen LogP contribution in [0.3, 0.4) is 0 Å². The molecule has 0 spiro atoms. The zero-order valence-corrected chi connectivity index (χ0v) is 11.7. The quantitative estimate of drug-likeness (QED) is 0.917. The van der Waals surface area contributed by atoms with Gasteiger partial charge in [-0.05, 0) is 30.8 Å². The minimum Gasteiger partial charge on any atom is -0.323 e. The number of rotatable bonds is 5. The lowest BCUT2D eigenvalue weighted by molar-refractivity contribution is 0.300. The Labute approximate surface area is 122 Å². The van der Waals surface area contributed by atoms with E-state index in [1.54, 1.807) is 25.2 Å². The fourth-order valence-corrected chi connectivity index (χ4v) is 2.17. The van der Waals surface area contributed by atoms with Gasteiger partial charge in [0.15, 0.2) is 11.6 Å². The summed E-state index contributed by atoms with van der Waals surface area (Å²) in [6.07, 6.45) is 0. The van der Waals surface area contributed by atoms with Crippen LogP contribution in [-0.2, 0) is 6.54 Å². The van der Waals surface area contributed by atoms with Gasteiger partial charge in [0.25, 0.3) is 0 Å². The number of halogens is 3. The first-order valence-electron chi connectivity index (χ1n) is 6.60. The van der Waals surface area contributed by atoms with Gasteiger partial charge in [0.2, 0.25) is 0 Å². The summed E-state index contributed by atoms with van der Waals surface area (Å²) in [5.41, 5.74) is 7.06. The van der Waals surface area contributed by atoms with E-state index in [1.165, 1.54) is 12.1 Å². The molecular weight excluding hydrogens is 277 g/mol. The monoisotopic (exact) mass is 294 g/mol. The summed E-state index contributed by atoms with van der Waals surface area (Å²) in [4.78, 5) is 1.84. The standard InChI is InChI=1S/C16H17F3N2/c1-21(9-12-4-2-3-5-13(12)17)10-16(20)11-6-7-14(18)15(19)8-11/h2-8,16H,9-10,20H2,1H3. The second kappa shape index (κ2) is 6.74. The lowest BCUT2D eigenvalue weighted by Crippen LogP contribution is -2.29. The fraction of sp³-hybridized carbons (Fsp3) is 0.250. The van der Waals surface area contributed by atoms with Crippen LogP contribution in [0.15, 0.2) is 42.5 Å². The van der Waals surface area contributed by atoms with Crippen molar-refractivity contribution in [3.63, 3.8) is 0 Å². The van der Waals surface area contributed by atoms with Crippen molar-refractivity contribution in [3.8, 4) is 0 Å². The van der Waals surface area contributed by atoms with Crippen LogP contribution in [0.1, 0.15) is 17.2 Å². The van der Waals surface area contributed by atoms with E-state index in [0.717, 1.165) is 12.1 Å². The highest BCUT2D eigenvalue weighted by Gasteiger charge is 2.13. The van der Waals surface area contributed by atoms with Crippen LogP contribution in [0.25, 0.3) is 0 Å². The van der Waals surface area contributed by atoms with Crippen molar-refractivity contribution in [1.82, 2.24) is 4.90 Å². The molecule has 0 saturated carbocycles. The molecule has 0 aliphatic carbocycles. The largest absolute Gasteiger partial charge is 0.323 e. The van der Waals surface area contributed by atoms with Gasteiger partial charge in [0.05, 0.1) is 0 Å². The maximum Gasteiger partial charge on any atom is 0.159 e. The molecule has 0 bridgehead atoms. The van der Waals surface area contributed by atoms with Crippen LogP contribution in [0.2, 0.25) is 0 Å². The van der Waals surface area contributed by atoms with Crippen LogP contribution in [0.5, 0.6) is 0 Å². The first-order chi connectivity index (χ1) is 9.97. The molecule has 0 radical (unpaired) electrons. The highest BCUT2D eigenvalue weighted by atomic mass is 19.2. The Bertz CT molecular complexity index is 616. The van der Waals surface area contributed by atoms with E-state index < -0.39 is 17.7 Å². The van der Waals surface area contributed by atoms with Gasteiger partial charge in [-0.15, -0.1) is 0 Å². The topological polar surface area (TPSA) is 29.3 Å². The number of hydrogen-bond donors (Lipinski definition) is 1. The Morgan fingerprint density at radius 1 is 1.00 bits per heavy atom. The number of hydrogen-bond acceptors (Lipinski definition) is 2. The van der Waals surface area contributed by atoms with Gasteiger partial charge >= 0.3 is 0 Å². The highest BCUT2D eigenvalue weighted by molar-refractivity contribution is 5.21. The second-order valence-corrected chi connectivity index (χ2v) is 5.07. The molecule has 1 unspecified atom stereocenters. The van der Waals surface area contributed by atoms with E-state index in [2.05, 4.69) is 0 Å². The molecule has 2 aromatic carbocycles. The first-order valence-corrected chi connectivity index (χ1v) is 6.60. The van der Waals surface area contributed by atoms with E-state index in [1.807, 2.05) is 4.90 Å². The Morgan fingerprint density at radius 2 is 1.71 bits per heavy atom. The maximum absolute atomic E-state index is 13.6. The zero-order valence-electron chi connectivity index (χ0n) is 11.7. The van der Waals surface area contributed by atoms with Crippen LogP contribution in [0, 0.1) is 17.5 Å². The predicted molar refractivity (Wildman–Crippen MR) is 76.0 cm³/mol. The Balaban J connectivity index is 2.00. The van der Waals surface area contributed by atoms with Crippen LogP contribution >= 0.6 is 0 Å². The molecule has 0 heterocycles. The number of likely N-dealkylation sites (N-methyl/N-ethyl adjacent to an activating group) is 1. The summed E-state index contributed by atoms with van der Waals surface area (Å²) in [5, 5.41) is 0. The third-order valence-corrected chi connectivity index (χ3v) is 3.28. The van der Waals surface area contributed by atoms with Crippen molar-refractivity contribution in [3.05, 3.63) is 71.0 Å². The van der Waals surface area contributed by atoms with E-state index in [4.69, 9.17) is 5.73 Å². The van der Waals surface area contributed by atoms with Crippen molar-refractivity contribution in [2.45, 2.75) is 12.6 Å². The molecule has 0 aliphatic heterocycles. The first kappa shape index (κ1) is 15.5. The van der Waals surface area contributed by atoms with Gasteiger partial charge in [0, 0.05) is 24.7 Å². The molecule has 2 aromatic rings. The van der Waals surface area contributed by atoms with Crippen molar-refractivity contribution >= 4 is 0 Å². The third kappa shape index (κ3) is 4.06. The Kier molecular flexibility index (Phi) is 4.98. The maximum atomic E-state index is 13.6. The molecule has 1 atom stereocenters. The van der Waals surface area contributed by atoms with Crippen molar-refractivity contribution in [1.29, 1.82) is 0 Å². The molecule has 21 heavy (non-hydrogen) atoms. The summed E-state index contributed by atoms with van der Waals surface area (Å²) >= 11 is 0. The Hall–Kier alpha value is -1.85. The molecule has 2 N–H and O–H groups in total.